The van der Waals surface area contributed by atoms with Crippen LogP contribution in [0.15, 0.2) is 48.8 Å². The quantitative estimate of drug-likeness (QED) is 0.368. The highest BCUT2D eigenvalue weighted by Crippen LogP contribution is 2.27. The van der Waals surface area contributed by atoms with Gasteiger partial charge in [-0.3, -0.25) is 24.7 Å². The van der Waals surface area contributed by atoms with Gasteiger partial charge in [-0.15, -0.1) is 0 Å². The van der Waals surface area contributed by atoms with Crippen molar-refractivity contribution in [2.75, 3.05) is 6.61 Å². The largest absolute Gasteiger partial charge is 0.480 e. The Hall–Kier alpha value is -3.82. The maximum Gasteiger partial charge on any atom is 0.326 e. The number of esters is 1. The summed E-state index contributed by atoms with van der Waals surface area (Å²) < 4.78 is 4.91. The van der Waals surface area contributed by atoms with Crippen molar-refractivity contribution < 1.29 is 29.2 Å². The number of carbonyl (C=O) groups excluding carboxylic acids is 2. The number of benzene rings is 1. The predicted octanol–water partition coefficient (Wildman–Crippen LogP) is 1.91. The third-order valence-electron chi connectivity index (χ3n) is 4.12. The molecular weight excluding hydrogens is 382 g/mol. The number of pyridine rings is 1. The van der Waals surface area contributed by atoms with E-state index in [1.165, 1.54) is 48.8 Å². The summed E-state index contributed by atoms with van der Waals surface area (Å²) in [6.07, 6.45) is 2.44. The van der Waals surface area contributed by atoms with E-state index < -0.39 is 34.7 Å². The minimum absolute atomic E-state index is 0.104. The van der Waals surface area contributed by atoms with E-state index in [2.05, 4.69) is 10.3 Å². The number of nitrogens with one attached hydrogen (secondary N) is 1. The highest BCUT2D eigenvalue weighted by Gasteiger charge is 2.33. The summed E-state index contributed by atoms with van der Waals surface area (Å²) in [4.78, 5) is 50.5. The van der Waals surface area contributed by atoms with Crippen molar-refractivity contribution in [1.29, 1.82) is 0 Å². The molecule has 29 heavy (non-hydrogen) atoms. The molecule has 0 unspecified atom stereocenters. The second kappa shape index (κ2) is 9.93. The van der Waals surface area contributed by atoms with E-state index in [1.807, 2.05) is 0 Å². The van der Waals surface area contributed by atoms with Gasteiger partial charge in [0.2, 0.25) is 0 Å². The van der Waals surface area contributed by atoms with E-state index in [0.29, 0.717) is 5.56 Å². The topological polar surface area (TPSA) is 149 Å². The van der Waals surface area contributed by atoms with Crippen molar-refractivity contribution in [3.8, 4) is 0 Å². The van der Waals surface area contributed by atoms with Gasteiger partial charge >= 0.3 is 11.9 Å². The first-order valence-electron chi connectivity index (χ1n) is 8.67. The third kappa shape index (κ3) is 5.83. The van der Waals surface area contributed by atoms with Crippen molar-refractivity contribution in [2.24, 2.45) is 0 Å². The zero-order valence-corrected chi connectivity index (χ0v) is 15.5. The zero-order chi connectivity index (χ0) is 21.4. The standard InChI is InChI=1S/C19H19N3O7/c1-2-29-16(23)11-15(12-3-5-14(6-4-12)22(27)28)17(19(25)26)21-18(24)13-7-9-20-10-8-13/h3-10,15,17H,2,11H2,1H3,(H,21,24)(H,25,26)/t15-,17-/m0/s1. The summed E-state index contributed by atoms with van der Waals surface area (Å²) in [5.41, 5.74) is 0.354. The maximum atomic E-state index is 12.4. The molecule has 1 aromatic heterocycles. The van der Waals surface area contributed by atoms with Gasteiger partial charge in [-0.2, -0.15) is 0 Å². The van der Waals surface area contributed by atoms with Gasteiger partial charge in [0.05, 0.1) is 18.0 Å². The maximum absolute atomic E-state index is 12.4. The van der Waals surface area contributed by atoms with E-state index in [9.17, 15) is 29.6 Å². The molecule has 0 fully saturated rings. The summed E-state index contributed by atoms with van der Waals surface area (Å²) in [6.45, 7) is 1.71. The number of carboxylic acid groups (broad SMARTS) is 1. The molecule has 2 rings (SSSR count). The summed E-state index contributed by atoms with van der Waals surface area (Å²) in [5.74, 6) is -3.67. The van der Waals surface area contributed by atoms with E-state index in [-0.39, 0.29) is 24.3 Å². The number of nitrogens with zero attached hydrogens (tertiary/aromatic N) is 2. The van der Waals surface area contributed by atoms with Crippen molar-refractivity contribution in [3.05, 3.63) is 70.0 Å². The lowest BCUT2D eigenvalue weighted by molar-refractivity contribution is -0.384. The fourth-order valence-corrected chi connectivity index (χ4v) is 2.73. The summed E-state index contributed by atoms with van der Waals surface area (Å²) in [5, 5.41) is 23.0. The molecule has 0 saturated carbocycles. The molecule has 10 heteroatoms. The first-order valence-corrected chi connectivity index (χ1v) is 8.67. The second-order valence-corrected chi connectivity index (χ2v) is 5.99. The number of carbonyl (C=O) groups is 3. The number of aliphatic carboxylic acids is 1. The van der Waals surface area contributed by atoms with E-state index in [1.54, 1.807) is 6.92 Å². The average molecular weight is 401 g/mol. The highest BCUT2D eigenvalue weighted by atomic mass is 16.6. The molecule has 0 spiro atoms. The average Bonchev–Trinajstić information content (AvgIpc) is 2.71. The molecule has 2 atom stereocenters. The monoisotopic (exact) mass is 401 g/mol. The van der Waals surface area contributed by atoms with Crippen LogP contribution in [0.25, 0.3) is 0 Å². The molecule has 0 aliphatic heterocycles. The van der Waals surface area contributed by atoms with Gasteiger partial charge in [-0.05, 0) is 24.6 Å². The lowest BCUT2D eigenvalue weighted by atomic mass is 9.88. The first kappa shape index (κ1) is 21.5. The molecule has 10 nitrogen and oxygen atoms in total. The van der Waals surface area contributed by atoms with Crippen molar-refractivity contribution in [1.82, 2.24) is 10.3 Å². The number of amides is 1. The second-order valence-electron chi connectivity index (χ2n) is 5.99. The summed E-state index contributed by atoms with van der Waals surface area (Å²) in [7, 11) is 0. The Kier molecular flexibility index (Phi) is 7.35. The van der Waals surface area contributed by atoms with E-state index >= 15 is 0 Å². The molecule has 152 valence electrons. The smallest absolute Gasteiger partial charge is 0.326 e. The van der Waals surface area contributed by atoms with Crippen LogP contribution < -0.4 is 5.32 Å². The molecule has 0 saturated heterocycles. The van der Waals surface area contributed by atoms with Crippen LogP contribution in [0.3, 0.4) is 0 Å². The number of ether oxygens (including phenoxy) is 1. The van der Waals surface area contributed by atoms with Crippen molar-refractivity contribution in [3.63, 3.8) is 0 Å². The number of nitro benzene ring substituents is 1. The molecule has 1 amide bonds. The Morgan fingerprint density at radius 2 is 1.79 bits per heavy atom. The molecule has 1 heterocycles. The van der Waals surface area contributed by atoms with Gasteiger partial charge in [0.25, 0.3) is 11.6 Å². The number of non-ortho nitro benzene ring substituents is 1. The molecular formula is C19H19N3O7. The first-order chi connectivity index (χ1) is 13.8. The fourth-order valence-electron chi connectivity index (χ4n) is 2.73. The molecule has 2 aromatic rings. The van der Waals surface area contributed by atoms with E-state index in [4.69, 9.17) is 4.74 Å². The van der Waals surface area contributed by atoms with Crippen molar-refractivity contribution in [2.45, 2.75) is 25.3 Å². The van der Waals surface area contributed by atoms with Gasteiger partial charge in [0.1, 0.15) is 6.04 Å². The number of nitro groups is 1. The van der Waals surface area contributed by atoms with E-state index in [0.717, 1.165) is 0 Å². The molecule has 0 aliphatic rings. The van der Waals surface area contributed by atoms with Gasteiger partial charge < -0.3 is 15.2 Å². The molecule has 1 aromatic carbocycles. The molecule has 0 bridgehead atoms. The van der Waals surface area contributed by atoms with Gasteiger partial charge in [0, 0.05) is 36.0 Å². The minimum atomic E-state index is -1.47. The third-order valence-corrected chi connectivity index (χ3v) is 4.12. The van der Waals surface area contributed by atoms with Gasteiger partial charge in [0.15, 0.2) is 0 Å². The summed E-state index contributed by atoms with van der Waals surface area (Å²) in [6, 6.07) is 6.49. The Labute approximate surface area is 165 Å². The number of hydrogen-bond donors (Lipinski definition) is 2. The highest BCUT2D eigenvalue weighted by molar-refractivity contribution is 5.96. The number of hydrogen-bond acceptors (Lipinski definition) is 7. The van der Waals surface area contributed by atoms with Crippen LogP contribution in [0, 0.1) is 10.1 Å². The van der Waals surface area contributed by atoms with Crippen LogP contribution >= 0.6 is 0 Å². The Morgan fingerprint density at radius 3 is 2.31 bits per heavy atom. The van der Waals surface area contributed by atoms with Crippen LogP contribution in [0.2, 0.25) is 0 Å². The summed E-state index contributed by atoms with van der Waals surface area (Å²) >= 11 is 0. The van der Waals surface area contributed by atoms with Crippen molar-refractivity contribution >= 4 is 23.5 Å². The van der Waals surface area contributed by atoms with Gasteiger partial charge in [-0.1, -0.05) is 12.1 Å². The Bertz CT molecular complexity index is 884. The van der Waals surface area contributed by atoms with Crippen LogP contribution in [-0.4, -0.2) is 45.5 Å². The fraction of sp³-hybridized carbons (Fsp3) is 0.263. The number of carboxylic acids is 1. The van der Waals surface area contributed by atoms with Gasteiger partial charge in [-0.25, -0.2) is 4.79 Å². The van der Waals surface area contributed by atoms with Crippen LogP contribution in [0.5, 0.6) is 0 Å². The lowest BCUT2D eigenvalue weighted by Gasteiger charge is -2.24. The predicted molar refractivity (Wildman–Crippen MR) is 100 cm³/mol. The number of rotatable bonds is 9. The molecule has 0 radical (unpaired) electrons. The minimum Gasteiger partial charge on any atom is -0.480 e. The lowest BCUT2D eigenvalue weighted by Crippen LogP contribution is -2.45. The Morgan fingerprint density at radius 1 is 1.17 bits per heavy atom. The van der Waals surface area contributed by atoms with Crippen LogP contribution in [-0.2, 0) is 14.3 Å². The number of aromatic nitrogens is 1. The Balaban J connectivity index is 2.36. The zero-order valence-electron chi connectivity index (χ0n) is 15.5. The molecule has 0 aliphatic carbocycles. The normalized spacial score (nSPS) is 12.4. The SMILES string of the molecule is CCOC(=O)C[C@@H](c1ccc([N+](=O)[O-])cc1)[C@H](NC(=O)c1ccncc1)C(=O)O. The van der Waals surface area contributed by atoms with Crippen LogP contribution in [0.1, 0.15) is 35.2 Å². The molecule has 2 N–H and O–H groups in total. The van der Waals surface area contributed by atoms with Crippen LogP contribution in [0.4, 0.5) is 5.69 Å².